The van der Waals surface area contributed by atoms with E-state index in [-0.39, 0.29) is 18.3 Å². The number of benzene rings is 2. The Kier molecular flexibility index (Phi) is 7.98. The number of carbonyl (C=O) groups is 1. The van der Waals surface area contributed by atoms with Gasteiger partial charge in [0.1, 0.15) is 0 Å². The third-order valence-corrected chi connectivity index (χ3v) is 4.99. The lowest BCUT2D eigenvalue weighted by Crippen LogP contribution is -2.36. The van der Waals surface area contributed by atoms with E-state index in [9.17, 15) is 18.0 Å². The van der Waals surface area contributed by atoms with Crippen LogP contribution < -0.4 is 15.5 Å². The van der Waals surface area contributed by atoms with Gasteiger partial charge in [0.25, 0.3) is 0 Å². The number of ether oxygens (including phenoxy) is 2. The number of nitrogens with one attached hydrogen (secondary N) is 2. The van der Waals surface area contributed by atoms with Crippen molar-refractivity contribution >= 4 is 17.4 Å². The second kappa shape index (κ2) is 10.7. The van der Waals surface area contributed by atoms with Crippen molar-refractivity contribution in [3.63, 3.8) is 0 Å². The number of rotatable bonds is 7. The van der Waals surface area contributed by atoms with Gasteiger partial charge >= 0.3 is 12.2 Å². The highest BCUT2D eigenvalue weighted by molar-refractivity contribution is 5.90. The van der Waals surface area contributed by atoms with Crippen molar-refractivity contribution in [3.8, 4) is 0 Å². The molecule has 1 saturated heterocycles. The van der Waals surface area contributed by atoms with Crippen LogP contribution in [0.4, 0.5) is 29.3 Å². The van der Waals surface area contributed by atoms with E-state index in [0.717, 1.165) is 17.2 Å². The first-order chi connectivity index (χ1) is 15.2. The molecule has 1 aliphatic heterocycles. The highest BCUT2D eigenvalue weighted by Crippen LogP contribution is 2.37. The van der Waals surface area contributed by atoms with Crippen molar-refractivity contribution in [2.24, 2.45) is 0 Å². The highest BCUT2D eigenvalue weighted by Gasteiger charge is 2.34. The Morgan fingerprint density at radius 2 is 1.75 bits per heavy atom. The van der Waals surface area contributed by atoms with Gasteiger partial charge in [0.2, 0.25) is 0 Å². The molecule has 0 spiro atoms. The van der Waals surface area contributed by atoms with Crippen LogP contribution in [0.15, 0.2) is 42.5 Å². The van der Waals surface area contributed by atoms with E-state index in [1.54, 1.807) is 6.07 Å². The maximum Gasteiger partial charge on any atom is 0.418 e. The minimum Gasteiger partial charge on any atom is -0.378 e. The van der Waals surface area contributed by atoms with Crippen molar-refractivity contribution in [1.29, 1.82) is 0 Å². The maximum absolute atomic E-state index is 13.6. The lowest BCUT2D eigenvalue weighted by Gasteiger charge is -2.29. The van der Waals surface area contributed by atoms with E-state index in [4.69, 9.17) is 9.47 Å². The molecule has 174 valence electrons. The molecular formula is C23H28F3N3O3. The SMILES string of the molecule is CC(C)OCc1ccc(CNC(=O)Nc2ccc(N3CCOCC3)cc2C(F)(F)F)cc1. The molecule has 2 aromatic rings. The van der Waals surface area contributed by atoms with E-state index < -0.39 is 17.8 Å². The summed E-state index contributed by atoms with van der Waals surface area (Å²) in [4.78, 5) is 14.1. The number of halogens is 3. The summed E-state index contributed by atoms with van der Waals surface area (Å²) in [5.74, 6) is 0. The number of anilines is 2. The molecule has 0 atom stereocenters. The molecule has 0 radical (unpaired) electrons. The Hall–Kier alpha value is -2.78. The third kappa shape index (κ3) is 6.86. The summed E-state index contributed by atoms with van der Waals surface area (Å²) in [6.07, 6.45) is -4.47. The first-order valence-corrected chi connectivity index (χ1v) is 10.5. The predicted octanol–water partition coefficient (Wildman–Crippen LogP) is 4.79. The molecule has 0 bridgehead atoms. The molecule has 32 heavy (non-hydrogen) atoms. The van der Waals surface area contributed by atoms with Gasteiger partial charge in [-0.1, -0.05) is 24.3 Å². The second-order valence-electron chi connectivity index (χ2n) is 7.81. The number of carbonyl (C=O) groups excluding carboxylic acids is 1. The summed E-state index contributed by atoms with van der Waals surface area (Å²) in [6, 6.07) is 10.7. The van der Waals surface area contributed by atoms with Crippen molar-refractivity contribution < 1.29 is 27.4 Å². The molecule has 0 aliphatic carbocycles. The fraction of sp³-hybridized carbons (Fsp3) is 0.435. The molecule has 1 aliphatic rings. The standard InChI is InChI=1S/C23H28F3N3O3/c1-16(2)32-15-18-5-3-17(4-6-18)14-27-22(30)28-21-8-7-19(13-20(21)23(24,25)26)29-9-11-31-12-10-29/h3-8,13,16H,9-12,14-15H2,1-2H3,(H2,27,28,30). The number of urea groups is 1. The average molecular weight is 451 g/mol. The first kappa shape index (κ1) is 23.9. The van der Waals surface area contributed by atoms with Crippen LogP contribution in [-0.4, -0.2) is 38.4 Å². The van der Waals surface area contributed by atoms with E-state index >= 15 is 0 Å². The quantitative estimate of drug-likeness (QED) is 0.636. The van der Waals surface area contributed by atoms with E-state index in [1.165, 1.54) is 6.07 Å². The Bertz CT molecular complexity index is 896. The van der Waals surface area contributed by atoms with Crippen LogP contribution in [-0.2, 0) is 28.8 Å². The minimum atomic E-state index is -4.60. The number of hydrogen-bond acceptors (Lipinski definition) is 4. The van der Waals surface area contributed by atoms with Crippen molar-refractivity contribution in [2.45, 2.75) is 39.3 Å². The van der Waals surface area contributed by atoms with Crippen LogP contribution in [0.25, 0.3) is 0 Å². The number of nitrogens with zero attached hydrogens (tertiary/aromatic N) is 1. The second-order valence-corrected chi connectivity index (χ2v) is 7.81. The van der Waals surface area contributed by atoms with Crippen LogP contribution in [0.1, 0.15) is 30.5 Å². The molecule has 0 aromatic heterocycles. The minimum absolute atomic E-state index is 0.129. The van der Waals surface area contributed by atoms with Gasteiger partial charge in [0, 0.05) is 25.3 Å². The van der Waals surface area contributed by atoms with E-state index in [1.807, 2.05) is 43.0 Å². The Labute approximate surface area is 185 Å². The highest BCUT2D eigenvalue weighted by atomic mass is 19.4. The molecule has 1 heterocycles. The van der Waals surface area contributed by atoms with Gasteiger partial charge in [-0.05, 0) is 43.2 Å². The van der Waals surface area contributed by atoms with Gasteiger partial charge in [-0.2, -0.15) is 13.2 Å². The first-order valence-electron chi connectivity index (χ1n) is 10.5. The predicted molar refractivity (Wildman–Crippen MR) is 117 cm³/mol. The molecule has 0 saturated carbocycles. The molecular weight excluding hydrogens is 423 g/mol. The fourth-order valence-corrected chi connectivity index (χ4v) is 3.26. The molecule has 2 aromatic carbocycles. The van der Waals surface area contributed by atoms with Gasteiger partial charge in [-0.25, -0.2) is 4.79 Å². The molecule has 2 N–H and O–H groups in total. The fourth-order valence-electron chi connectivity index (χ4n) is 3.26. The zero-order valence-corrected chi connectivity index (χ0v) is 18.2. The summed E-state index contributed by atoms with van der Waals surface area (Å²) in [6.45, 7) is 6.57. The van der Waals surface area contributed by atoms with Crippen LogP contribution >= 0.6 is 0 Å². The molecule has 0 unspecified atom stereocenters. The van der Waals surface area contributed by atoms with Crippen LogP contribution in [0.3, 0.4) is 0 Å². The van der Waals surface area contributed by atoms with Gasteiger partial charge < -0.3 is 25.0 Å². The Balaban J connectivity index is 1.61. The summed E-state index contributed by atoms with van der Waals surface area (Å²) in [5, 5.41) is 4.93. The Morgan fingerprint density at radius 1 is 1.09 bits per heavy atom. The van der Waals surface area contributed by atoms with Crippen LogP contribution in [0.5, 0.6) is 0 Å². The lowest BCUT2D eigenvalue weighted by atomic mass is 10.1. The monoisotopic (exact) mass is 451 g/mol. The van der Waals surface area contributed by atoms with E-state index in [2.05, 4.69) is 10.6 Å². The summed E-state index contributed by atoms with van der Waals surface area (Å²) >= 11 is 0. The lowest BCUT2D eigenvalue weighted by molar-refractivity contribution is -0.136. The van der Waals surface area contributed by atoms with Gasteiger partial charge in [0.05, 0.1) is 37.2 Å². The normalized spacial score (nSPS) is 14.5. The maximum atomic E-state index is 13.6. The van der Waals surface area contributed by atoms with Crippen molar-refractivity contribution in [3.05, 3.63) is 59.2 Å². The van der Waals surface area contributed by atoms with Crippen molar-refractivity contribution in [1.82, 2.24) is 5.32 Å². The topological polar surface area (TPSA) is 62.8 Å². The van der Waals surface area contributed by atoms with E-state index in [0.29, 0.717) is 38.6 Å². The smallest absolute Gasteiger partial charge is 0.378 e. The summed E-state index contributed by atoms with van der Waals surface area (Å²) < 4.78 is 51.7. The molecule has 1 fully saturated rings. The average Bonchev–Trinajstić information content (AvgIpc) is 2.77. The molecule has 6 nitrogen and oxygen atoms in total. The van der Waals surface area contributed by atoms with Crippen LogP contribution in [0, 0.1) is 0 Å². The number of hydrogen-bond donors (Lipinski definition) is 2. The number of amides is 2. The number of morpholine rings is 1. The van der Waals surface area contributed by atoms with Crippen molar-refractivity contribution in [2.75, 3.05) is 36.5 Å². The molecule has 3 rings (SSSR count). The zero-order valence-electron chi connectivity index (χ0n) is 18.2. The van der Waals surface area contributed by atoms with Crippen LogP contribution in [0.2, 0.25) is 0 Å². The van der Waals surface area contributed by atoms with Gasteiger partial charge in [-0.3, -0.25) is 0 Å². The molecule has 9 heteroatoms. The Morgan fingerprint density at radius 3 is 2.38 bits per heavy atom. The number of alkyl halides is 3. The van der Waals surface area contributed by atoms with Gasteiger partial charge in [-0.15, -0.1) is 0 Å². The largest absolute Gasteiger partial charge is 0.418 e. The summed E-state index contributed by atoms with van der Waals surface area (Å²) in [7, 11) is 0. The third-order valence-electron chi connectivity index (χ3n) is 4.99. The van der Waals surface area contributed by atoms with Gasteiger partial charge in [0.15, 0.2) is 0 Å². The molecule has 2 amide bonds. The zero-order chi connectivity index (χ0) is 23.1. The summed E-state index contributed by atoms with van der Waals surface area (Å²) in [5.41, 5.74) is 1.11.